The number of fused-ring (bicyclic) bond motifs is 1. The molecule has 24 heavy (non-hydrogen) atoms. The molecule has 2 aliphatic rings. The third kappa shape index (κ3) is 2.29. The van der Waals surface area contributed by atoms with Crippen LogP contribution < -0.4 is 5.73 Å². The van der Waals surface area contributed by atoms with E-state index in [-0.39, 0.29) is 43.7 Å². The van der Waals surface area contributed by atoms with Gasteiger partial charge in [0.15, 0.2) is 5.69 Å². The van der Waals surface area contributed by atoms with Crippen LogP contribution in [0.3, 0.4) is 0 Å². The maximum Gasteiger partial charge on any atom is 0.337 e. The lowest BCUT2D eigenvalue weighted by molar-refractivity contribution is 0.0723. The smallest absolute Gasteiger partial charge is 0.337 e. The topological polar surface area (TPSA) is 115 Å². The maximum atomic E-state index is 12.8. The van der Waals surface area contributed by atoms with Gasteiger partial charge in [0.25, 0.3) is 11.8 Å². The summed E-state index contributed by atoms with van der Waals surface area (Å²) in [7, 11) is -3.14. The second kappa shape index (κ2) is 5.23. The molecule has 132 valence electrons. The fourth-order valence-electron chi connectivity index (χ4n) is 3.13. The van der Waals surface area contributed by atoms with Crippen LogP contribution in [-0.4, -0.2) is 58.5 Å². The SMILES string of the molecule is Cn1nc(C(N)=O)c2c1C(=O)N(CC1(S(=O)(=O)C(F)F)CC1)CC2. The molecule has 0 aromatic carbocycles. The minimum Gasteiger partial charge on any atom is -0.364 e. The molecule has 1 aromatic rings. The van der Waals surface area contributed by atoms with Gasteiger partial charge in [-0.3, -0.25) is 14.3 Å². The Bertz CT molecular complexity index is 829. The molecule has 1 saturated carbocycles. The van der Waals surface area contributed by atoms with Crippen LogP contribution in [0.25, 0.3) is 0 Å². The zero-order chi connectivity index (χ0) is 17.9. The van der Waals surface area contributed by atoms with Crippen molar-refractivity contribution in [2.75, 3.05) is 13.1 Å². The van der Waals surface area contributed by atoms with Crippen molar-refractivity contribution in [3.63, 3.8) is 0 Å². The summed E-state index contributed by atoms with van der Waals surface area (Å²) in [6.45, 7) is -0.159. The molecular formula is C13H16F2N4O4S. The van der Waals surface area contributed by atoms with E-state index in [0.29, 0.717) is 5.56 Å². The van der Waals surface area contributed by atoms with E-state index in [9.17, 15) is 26.8 Å². The van der Waals surface area contributed by atoms with Crippen molar-refractivity contribution in [1.82, 2.24) is 14.7 Å². The summed E-state index contributed by atoms with van der Waals surface area (Å²) in [5.41, 5.74) is 5.78. The number of primary amides is 1. The predicted molar refractivity (Wildman–Crippen MR) is 78.2 cm³/mol. The van der Waals surface area contributed by atoms with Crippen LogP contribution in [0.2, 0.25) is 0 Å². The van der Waals surface area contributed by atoms with Gasteiger partial charge in [-0.15, -0.1) is 0 Å². The number of aromatic nitrogens is 2. The molecule has 0 saturated heterocycles. The number of rotatable bonds is 5. The fraction of sp³-hybridized carbons (Fsp3) is 0.615. The molecule has 2 heterocycles. The van der Waals surface area contributed by atoms with Crippen LogP contribution in [0, 0.1) is 0 Å². The highest BCUT2D eigenvalue weighted by Crippen LogP contribution is 2.47. The van der Waals surface area contributed by atoms with E-state index in [4.69, 9.17) is 5.73 Å². The summed E-state index contributed by atoms with van der Waals surface area (Å²) >= 11 is 0. The molecule has 11 heteroatoms. The molecule has 8 nitrogen and oxygen atoms in total. The minimum atomic E-state index is -4.61. The second-order valence-corrected chi connectivity index (χ2v) is 8.44. The van der Waals surface area contributed by atoms with E-state index in [1.54, 1.807) is 0 Å². The van der Waals surface area contributed by atoms with Gasteiger partial charge in [-0.1, -0.05) is 0 Å². The third-order valence-corrected chi connectivity index (χ3v) is 6.84. The Balaban J connectivity index is 1.90. The summed E-state index contributed by atoms with van der Waals surface area (Å²) in [6, 6.07) is 0. The molecule has 2 amide bonds. The number of amides is 2. The van der Waals surface area contributed by atoms with Crippen LogP contribution >= 0.6 is 0 Å². The number of nitrogens with two attached hydrogens (primary N) is 1. The van der Waals surface area contributed by atoms with Gasteiger partial charge in [0.1, 0.15) is 5.69 Å². The van der Waals surface area contributed by atoms with Crippen molar-refractivity contribution in [2.24, 2.45) is 12.8 Å². The van der Waals surface area contributed by atoms with Crippen LogP contribution in [0.15, 0.2) is 0 Å². The van der Waals surface area contributed by atoms with Crippen molar-refractivity contribution < 1.29 is 26.8 Å². The number of sulfone groups is 1. The van der Waals surface area contributed by atoms with Crippen molar-refractivity contribution in [3.8, 4) is 0 Å². The van der Waals surface area contributed by atoms with Gasteiger partial charge < -0.3 is 10.6 Å². The van der Waals surface area contributed by atoms with Crippen LogP contribution in [0.4, 0.5) is 8.78 Å². The first-order valence-corrected chi connectivity index (χ1v) is 8.82. The Morgan fingerprint density at radius 1 is 1.42 bits per heavy atom. The average molecular weight is 362 g/mol. The van der Waals surface area contributed by atoms with Gasteiger partial charge in [-0.05, 0) is 19.3 Å². The first kappa shape index (κ1) is 16.8. The molecule has 1 aromatic heterocycles. The van der Waals surface area contributed by atoms with Crippen LogP contribution in [0.5, 0.6) is 0 Å². The monoisotopic (exact) mass is 362 g/mol. The molecular weight excluding hydrogens is 346 g/mol. The Kier molecular flexibility index (Phi) is 3.66. The largest absolute Gasteiger partial charge is 0.364 e. The van der Waals surface area contributed by atoms with Gasteiger partial charge in [-0.2, -0.15) is 13.9 Å². The number of hydrogen-bond donors (Lipinski definition) is 1. The minimum absolute atomic E-state index is 0.00170. The summed E-state index contributed by atoms with van der Waals surface area (Å²) < 4.78 is 49.0. The summed E-state index contributed by atoms with van der Waals surface area (Å²) in [5.74, 6) is -4.75. The quantitative estimate of drug-likeness (QED) is 0.771. The lowest BCUT2D eigenvalue weighted by atomic mass is 10.0. The highest BCUT2D eigenvalue weighted by Gasteiger charge is 2.59. The second-order valence-electron chi connectivity index (χ2n) is 6.13. The highest BCUT2D eigenvalue weighted by atomic mass is 32.2. The summed E-state index contributed by atoms with van der Waals surface area (Å²) in [6.07, 6.45) is 0.473. The Hall–Kier alpha value is -2.04. The molecule has 2 N–H and O–H groups in total. The predicted octanol–water partition coefficient (Wildman–Crippen LogP) is -0.313. The molecule has 3 rings (SSSR count). The van der Waals surface area contributed by atoms with E-state index in [1.807, 2.05) is 0 Å². The maximum absolute atomic E-state index is 12.8. The summed E-state index contributed by atoms with van der Waals surface area (Å²) in [5, 5.41) is 3.92. The fourth-order valence-corrected chi connectivity index (χ4v) is 4.51. The van der Waals surface area contributed by atoms with Crippen molar-refractivity contribution in [1.29, 1.82) is 0 Å². The first-order valence-electron chi connectivity index (χ1n) is 7.27. The van der Waals surface area contributed by atoms with E-state index >= 15 is 0 Å². The van der Waals surface area contributed by atoms with E-state index < -0.39 is 32.2 Å². The number of aryl methyl sites for hydroxylation is 1. The van der Waals surface area contributed by atoms with Crippen LogP contribution in [-0.2, 0) is 23.3 Å². The van der Waals surface area contributed by atoms with Gasteiger partial charge >= 0.3 is 5.76 Å². The number of hydrogen-bond acceptors (Lipinski definition) is 5. The van der Waals surface area contributed by atoms with E-state index in [1.165, 1.54) is 16.6 Å². The molecule has 1 fully saturated rings. The number of nitrogens with zero attached hydrogens (tertiary/aromatic N) is 3. The third-order valence-electron chi connectivity index (χ3n) is 4.63. The normalized spacial score (nSPS) is 19.5. The van der Waals surface area contributed by atoms with Gasteiger partial charge in [0, 0.05) is 25.7 Å². The molecule has 0 unspecified atom stereocenters. The zero-order valence-electron chi connectivity index (χ0n) is 12.8. The number of carbonyl (C=O) groups excluding carboxylic acids is 2. The standard InChI is InChI=1S/C13H16F2N4O4S/c1-18-9-7(8(17-18)10(16)20)2-5-19(11(9)21)6-13(3-4-13)24(22,23)12(14)15/h12H,2-6H2,1H3,(H2,16,20). The van der Waals surface area contributed by atoms with Gasteiger partial charge in [0.05, 0.1) is 4.75 Å². The Labute approximate surface area is 136 Å². The van der Waals surface area contributed by atoms with Crippen molar-refractivity contribution in [3.05, 3.63) is 17.0 Å². The highest BCUT2D eigenvalue weighted by molar-refractivity contribution is 7.93. The van der Waals surface area contributed by atoms with Gasteiger partial charge in [0.2, 0.25) is 9.84 Å². The Morgan fingerprint density at radius 2 is 2.04 bits per heavy atom. The number of alkyl halides is 2. The number of halogens is 2. The number of carbonyl (C=O) groups is 2. The van der Waals surface area contributed by atoms with Crippen molar-refractivity contribution >= 4 is 21.7 Å². The lowest BCUT2D eigenvalue weighted by Gasteiger charge is -2.30. The molecule has 1 aliphatic carbocycles. The molecule has 0 atom stereocenters. The van der Waals surface area contributed by atoms with Crippen molar-refractivity contribution in [2.45, 2.75) is 29.8 Å². The first-order chi connectivity index (χ1) is 11.1. The molecule has 0 spiro atoms. The van der Waals surface area contributed by atoms with E-state index in [0.717, 1.165) is 0 Å². The average Bonchev–Trinajstić information content (AvgIpc) is 3.20. The zero-order valence-corrected chi connectivity index (χ0v) is 13.6. The molecule has 1 aliphatic heterocycles. The Morgan fingerprint density at radius 3 is 2.54 bits per heavy atom. The van der Waals surface area contributed by atoms with Gasteiger partial charge in [-0.25, -0.2) is 8.42 Å². The lowest BCUT2D eigenvalue weighted by Crippen LogP contribution is -2.47. The van der Waals surface area contributed by atoms with Crippen LogP contribution in [0.1, 0.15) is 39.4 Å². The molecule has 0 radical (unpaired) electrons. The molecule has 0 bridgehead atoms. The van der Waals surface area contributed by atoms with E-state index in [2.05, 4.69) is 5.10 Å². The summed E-state index contributed by atoms with van der Waals surface area (Å²) in [4.78, 5) is 25.2.